The van der Waals surface area contributed by atoms with Crippen LogP contribution in [0.1, 0.15) is 31.4 Å². The third kappa shape index (κ3) is 8.93. The Morgan fingerprint density at radius 2 is 1.47 bits per heavy atom. The Balaban J connectivity index is 2.09. The monoisotopic (exact) mass is 469 g/mol. The summed E-state index contributed by atoms with van der Waals surface area (Å²) in [6.07, 6.45) is -0.724. The topological polar surface area (TPSA) is 137 Å². The Hall–Kier alpha value is -3.88. The number of ether oxygens (including phenoxy) is 2. The minimum atomic E-state index is -1.13. The van der Waals surface area contributed by atoms with Gasteiger partial charge in [-0.15, -0.1) is 0 Å². The number of benzene rings is 2. The number of nitrogens with two attached hydrogens (primary N) is 1. The Bertz CT molecular complexity index is 952. The van der Waals surface area contributed by atoms with Crippen molar-refractivity contribution >= 4 is 23.9 Å². The number of rotatable bonds is 12. The fourth-order valence-corrected chi connectivity index (χ4v) is 3.31. The predicted octanol–water partition coefficient (Wildman–Crippen LogP) is 2.08. The molecule has 0 radical (unpaired) electrons. The highest BCUT2D eigenvalue weighted by Gasteiger charge is 2.31. The first-order chi connectivity index (χ1) is 16.3. The fraction of sp³-hybridized carbons (Fsp3) is 0.360. The van der Waals surface area contributed by atoms with Crippen molar-refractivity contribution in [1.82, 2.24) is 10.6 Å². The van der Waals surface area contributed by atoms with Gasteiger partial charge in [-0.25, -0.2) is 4.79 Å². The third-order valence-electron chi connectivity index (χ3n) is 5.07. The van der Waals surface area contributed by atoms with Gasteiger partial charge in [0.15, 0.2) is 0 Å². The summed E-state index contributed by atoms with van der Waals surface area (Å²) in [5.74, 6) is -2.53. The number of esters is 1. The first-order valence-electron chi connectivity index (χ1n) is 11.1. The maximum atomic E-state index is 13.1. The molecule has 3 amide bonds. The summed E-state index contributed by atoms with van der Waals surface area (Å²) in [5, 5.41) is 5.13. The van der Waals surface area contributed by atoms with Crippen LogP contribution in [0.25, 0.3) is 0 Å². The highest BCUT2D eigenvalue weighted by atomic mass is 16.5. The number of carbonyl (C=O) groups excluding carboxylic acids is 4. The molecule has 2 aromatic rings. The lowest BCUT2D eigenvalue weighted by Gasteiger charge is -2.25. The molecule has 0 aromatic heterocycles. The normalized spacial score (nSPS) is 13.1. The van der Waals surface area contributed by atoms with Gasteiger partial charge < -0.3 is 25.8 Å². The maximum Gasteiger partial charge on any atom is 0.408 e. The molecule has 2 aromatic carbocycles. The van der Waals surface area contributed by atoms with E-state index in [0.717, 1.165) is 11.1 Å². The lowest BCUT2D eigenvalue weighted by molar-refractivity contribution is -0.145. The lowest BCUT2D eigenvalue weighted by atomic mass is 9.96. The van der Waals surface area contributed by atoms with Gasteiger partial charge in [-0.2, -0.15) is 0 Å². The Morgan fingerprint density at radius 3 is 2.03 bits per heavy atom. The van der Waals surface area contributed by atoms with E-state index in [1.54, 1.807) is 13.8 Å². The second-order valence-corrected chi connectivity index (χ2v) is 7.82. The van der Waals surface area contributed by atoms with E-state index >= 15 is 0 Å². The van der Waals surface area contributed by atoms with E-state index in [9.17, 15) is 19.2 Å². The highest BCUT2D eigenvalue weighted by Crippen LogP contribution is 2.11. The van der Waals surface area contributed by atoms with E-state index in [0.29, 0.717) is 0 Å². The summed E-state index contributed by atoms with van der Waals surface area (Å²) in [7, 11) is 0. The largest absolute Gasteiger partial charge is 0.466 e. The van der Waals surface area contributed by atoms with Crippen LogP contribution in [0.5, 0.6) is 0 Å². The van der Waals surface area contributed by atoms with Gasteiger partial charge in [0.25, 0.3) is 0 Å². The zero-order chi connectivity index (χ0) is 24.9. The van der Waals surface area contributed by atoms with E-state index in [4.69, 9.17) is 15.2 Å². The molecule has 0 unspecified atom stereocenters. The molecule has 9 heteroatoms. The van der Waals surface area contributed by atoms with Gasteiger partial charge >= 0.3 is 12.1 Å². The van der Waals surface area contributed by atoms with Crippen molar-refractivity contribution in [2.75, 3.05) is 6.61 Å². The maximum absolute atomic E-state index is 13.1. The van der Waals surface area contributed by atoms with Gasteiger partial charge in [0.1, 0.15) is 18.7 Å². The van der Waals surface area contributed by atoms with Crippen LogP contribution in [0.3, 0.4) is 0 Å². The summed E-state index contributed by atoms with van der Waals surface area (Å²) in [4.78, 5) is 49.3. The van der Waals surface area contributed by atoms with E-state index in [1.807, 2.05) is 60.7 Å². The number of primary amides is 1. The molecular weight excluding hydrogens is 438 g/mol. The van der Waals surface area contributed by atoms with Gasteiger partial charge in [-0.3, -0.25) is 14.4 Å². The summed E-state index contributed by atoms with van der Waals surface area (Å²) >= 11 is 0. The molecule has 0 bridgehead atoms. The molecule has 0 aliphatic heterocycles. The molecule has 0 aliphatic rings. The van der Waals surface area contributed by atoms with Crippen molar-refractivity contribution in [3.05, 3.63) is 71.8 Å². The predicted molar refractivity (Wildman–Crippen MR) is 125 cm³/mol. The van der Waals surface area contributed by atoms with Crippen molar-refractivity contribution in [3.8, 4) is 0 Å². The quantitative estimate of drug-likeness (QED) is 0.407. The summed E-state index contributed by atoms with van der Waals surface area (Å²) in [6, 6.07) is 16.0. The first-order valence-corrected chi connectivity index (χ1v) is 11.1. The summed E-state index contributed by atoms with van der Waals surface area (Å²) < 4.78 is 10.2. The SMILES string of the molecule is CCOC(=O)C[C@H](C)[C@H](NC(=O)[C@@H](Cc1ccccc1)NC(=O)OCc1ccccc1)C(N)=O. The standard InChI is InChI=1S/C25H31N3O6/c1-3-33-21(29)14-17(2)22(23(26)30)28-24(31)20(15-18-10-6-4-7-11-18)27-25(32)34-16-19-12-8-5-9-13-19/h4-13,17,20,22H,3,14-16H2,1-2H3,(H2,26,30)(H,27,32)(H,28,31)/t17-,20+,22-/m0/s1. The van der Waals surface area contributed by atoms with Crippen LogP contribution in [0.2, 0.25) is 0 Å². The van der Waals surface area contributed by atoms with Gasteiger partial charge in [0.2, 0.25) is 11.8 Å². The molecule has 0 fully saturated rings. The van der Waals surface area contributed by atoms with Crippen molar-refractivity contribution < 1.29 is 28.7 Å². The second kappa shape index (κ2) is 13.6. The fourth-order valence-electron chi connectivity index (χ4n) is 3.31. The molecule has 9 nitrogen and oxygen atoms in total. The number of amides is 3. The minimum Gasteiger partial charge on any atom is -0.466 e. The zero-order valence-corrected chi connectivity index (χ0v) is 19.4. The van der Waals surface area contributed by atoms with E-state index in [2.05, 4.69) is 10.6 Å². The van der Waals surface area contributed by atoms with E-state index in [1.165, 1.54) is 0 Å². The molecule has 0 spiro atoms. The number of hydrogen-bond acceptors (Lipinski definition) is 6. The Labute approximate surface area is 199 Å². The van der Waals surface area contributed by atoms with Crippen LogP contribution in [-0.2, 0) is 36.9 Å². The second-order valence-electron chi connectivity index (χ2n) is 7.82. The molecular formula is C25H31N3O6. The number of hydrogen-bond donors (Lipinski definition) is 3. The first kappa shape index (κ1) is 26.4. The molecule has 0 saturated heterocycles. The van der Waals surface area contributed by atoms with Crippen LogP contribution in [-0.4, -0.2) is 42.6 Å². The van der Waals surface area contributed by atoms with Crippen molar-refractivity contribution in [1.29, 1.82) is 0 Å². The number of nitrogens with one attached hydrogen (secondary N) is 2. The zero-order valence-electron chi connectivity index (χ0n) is 19.4. The molecule has 0 aliphatic carbocycles. The Kier molecular flexibility index (Phi) is 10.6. The Morgan fingerprint density at radius 1 is 0.882 bits per heavy atom. The van der Waals surface area contributed by atoms with Crippen LogP contribution < -0.4 is 16.4 Å². The highest BCUT2D eigenvalue weighted by molar-refractivity contribution is 5.91. The van der Waals surface area contributed by atoms with E-state index < -0.39 is 41.9 Å². The van der Waals surface area contributed by atoms with Gasteiger partial charge in [0.05, 0.1) is 13.0 Å². The van der Waals surface area contributed by atoms with Crippen LogP contribution in [0.15, 0.2) is 60.7 Å². The number of carbonyl (C=O) groups is 4. The summed E-state index contributed by atoms with van der Waals surface area (Å²) in [6.45, 7) is 3.52. The van der Waals surface area contributed by atoms with E-state index in [-0.39, 0.29) is 26.1 Å². The molecule has 3 atom stereocenters. The van der Waals surface area contributed by atoms with Gasteiger partial charge in [-0.05, 0) is 24.0 Å². The van der Waals surface area contributed by atoms with Gasteiger partial charge in [0, 0.05) is 6.42 Å². The molecule has 182 valence electrons. The van der Waals surface area contributed by atoms with Gasteiger partial charge in [-0.1, -0.05) is 67.6 Å². The minimum absolute atomic E-state index is 0.0346. The van der Waals surface area contributed by atoms with Crippen LogP contribution in [0, 0.1) is 5.92 Å². The van der Waals surface area contributed by atoms with Crippen molar-refractivity contribution in [2.45, 2.75) is 45.4 Å². The molecule has 2 rings (SSSR count). The van der Waals surface area contributed by atoms with Crippen LogP contribution >= 0.6 is 0 Å². The average molecular weight is 470 g/mol. The average Bonchev–Trinajstić information content (AvgIpc) is 2.81. The smallest absolute Gasteiger partial charge is 0.408 e. The molecule has 4 N–H and O–H groups in total. The summed E-state index contributed by atoms with van der Waals surface area (Å²) in [5.41, 5.74) is 7.07. The number of alkyl carbamates (subject to hydrolysis) is 1. The van der Waals surface area contributed by atoms with Crippen molar-refractivity contribution in [2.24, 2.45) is 11.7 Å². The molecule has 0 saturated carbocycles. The molecule has 0 heterocycles. The van der Waals surface area contributed by atoms with Crippen LogP contribution in [0.4, 0.5) is 4.79 Å². The lowest BCUT2D eigenvalue weighted by Crippen LogP contribution is -2.55. The molecule has 34 heavy (non-hydrogen) atoms. The third-order valence-corrected chi connectivity index (χ3v) is 5.07. The van der Waals surface area contributed by atoms with Crippen molar-refractivity contribution in [3.63, 3.8) is 0 Å².